The third kappa shape index (κ3) is 4.09. The second-order valence-corrected chi connectivity index (χ2v) is 6.02. The van der Waals surface area contributed by atoms with E-state index in [0.717, 1.165) is 11.1 Å². The fraction of sp³-hybridized carbons (Fsp3) is 0.368. The van der Waals surface area contributed by atoms with Gasteiger partial charge in [-0.05, 0) is 18.6 Å². The van der Waals surface area contributed by atoms with Gasteiger partial charge in [0.05, 0.1) is 19.1 Å². The van der Waals surface area contributed by atoms with E-state index in [1.807, 2.05) is 43.3 Å². The van der Waals surface area contributed by atoms with Gasteiger partial charge in [0.1, 0.15) is 12.6 Å². The van der Waals surface area contributed by atoms with E-state index in [1.165, 1.54) is 0 Å². The maximum atomic E-state index is 13.0. The van der Waals surface area contributed by atoms with Crippen LogP contribution in [0, 0.1) is 0 Å². The predicted octanol–water partition coefficient (Wildman–Crippen LogP) is 2.06. The van der Waals surface area contributed by atoms with Crippen LogP contribution in [-0.2, 0) is 27.4 Å². The predicted molar refractivity (Wildman–Crippen MR) is 91.4 cm³/mol. The Morgan fingerprint density at radius 1 is 1.24 bits per heavy atom. The Hall–Kier alpha value is -2.60. The lowest BCUT2D eigenvalue weighted by Crippen LogP contribution is -2.56. The minimum absolute atomic E-state index is 0.0183. The zero-order valence-corrected chi connectivity index (χ0v) is 14.3. The Morgan fingerprint density at radius 3 is 2.72 bits per heavy atom. The second kappa shape index (κ2) is 7.98. The van der Waals surface area contributed by atoms with Crippen molar-refractivity contribution >= 4 is 11.8 Å². The Bertz CT molecular complexity index is 699. The second-order valence-electron chi connectivity index (χ2n) is 6.02. The molecule has 6 heteroatoms. The van der Waals surface area contributed by atoms with Crippen LogP contribution in [0.15, 0.2) is 53.3 Å². The molecule has 1 atom stereocenters. The van der Waals surface area contributed by atoms with Crippen LogP contribution in [0.5, 0.6) is 0 Å². The average Bonchev–Trinajstić information content (AvgIpc) is 3.15. The van der Waals surface area contributed by atoms with Gasteiger partial charge >= 0.3 is 0 Å². The molecule has 1 aromatic carbocycles. The summed E-state index contributed by atoms with van der Waals surface area (Å²) in [5.74, 6) is -0.263. The van der Waals surface area contributed by atoms with Gasteiger partial charge < -0.3 is 19.0 Å². The van der Waals surface area contributed by atoms with Crippen LogP contribution in [-0.4, -0.2) is 47.4 Å². The average molecular weight is 342 g/mol. The summed E-state index contributed by atoms with van der Waals surface area (Å²) in [7, 11) is 0. The minimum Gasteiger partial charge on any atom is -0.472 e. The normalized spacial score (nSPS) is 17.6. The number of hydrogen-bond acceptors (Lipinski definition) is 4. The molecule has 0 radical (unpaired) electrons. The quantitative estimate of drug-likeness (QED) is 0.806. The lowest BCUT2D eigenvalue weighted by atomic mass is 10.1. The molecule has 2 aromatic rings. The molecule has 6 nitrogen and oxygen atoms in total. The van der Waals surface area contributed by atoms with Gasteiger partial charge in [-0.3, -0.25) is 9.59 Å². The van der Waals surface area contributed by atoms with E-state index in [-0.39, 0.29) is 25.0 Å². The summed E-state index contributed by atoms with van der Waals surface area (Å²) in [6, 6.07) is 10.9. The van der Waals surface area contributed by atoms with E-state index in [1.54, 1.807) is 22.3 Å². The molecule has 0 saturated carbocycles. The van der Waals surface area contributed by atoms with Gasteiger partial charge in [-0.1, -0.05) is 30.3 Å². The van der Waals surface area contributed by atoms with Crippen molar-refractivity contribution in [1.29, 1.82) is 0 Å². The Balaban J connectivity index is 1.76. The summed E-state index contributed by atoms with van der Waals surface area (Å²) in [5.41, 5.74) is 1.92. The molecule has 132 valence electrons. The topological polar surface area (TPSA) is 63.0 Å². The standard InChI is InChI=1S/C19H22N2O4/c1-2-20(10-16-8-9-24-12-16)19(23)17-13-25-14-18(22)21(17)11-15-6-4-3-5-7-15/h3-9,12,17H,2,10-11,13-14H2,1H3/t17-/m0/s1. The van der Waals surface area contributed by atoms with Gasteiger partial charge in [0.2, 0.25) is 11.8 Å². The fourth-order valence-corrected chi connectivity index (χ4v) is 2.95. The number of furan rings is 1. The zero-order valence-electron chi connectivity index (χ0n) is 14.3. The van der Waals surface area contributed by atoms with Crippen LogP contribution in [0.1, 0.15) is 18.1 Å². The van der Waals surface area contributed by atoms with Crippen LogP contribution in [0.3, 0.4) is 0 Å². The Labute approximate surface area is 147 Å². The van der Waals surface area contributed by atoms with Gasteiger partial charge in [0.15, 0.2) is 0 Å². The first kappa shape index (κ1) is 17.2. The zero-order chi connectivity index (χ0) is 17.6. The van der Waals surface area contributed by atoms with Crippen LogP contribution < -0.4 is 0 Å². The number of benzene rings is 1. The SMILES string of the molecule is CCN(Cc1ccoc1)C(=O)[C@@H]1COCC(=O)N1Cc1ccccc1. The smallest absolute Gasteiger partial charge is 0.249 e. The van der Waals surface area contributed by atoms with Crippen molar-refractivity contribution in [2.24, 2.45) is 0 Å². The van der Waals surface area contributed by atoms with E-state index in [9.17, 15) is 9.59 Å². The first-order valence-corrected chi connectivity index (χ1v) is 8.40. The molecular formula is C19H22N2O4. The van der Waals surface area contributed by atoms with Crippen LogP contribution in [0.25, 0.3) is 0 Å². The number of hydrogen-bond donors (Lipinski definition) is 0. The van der Waals surface area contributed by atoms with Crippen LogP contribution in [0.4, 0.5) is 0 Å². The van der Waals surface area contributed by atoms with Crippen molar-refractivity contribution in [2.45, 2.75) is 26.1 Å². The molecule has 0 bridgehead atoms. The lowest BCUT2D eigenvalue weighted by molar-refractivity contribution is -0.160. The number of carbonyl (C=O) groups excluding carboxylic acids is 2. The number of ether oxygens (including phenoxy) is 1. The molecule has 3 rings (SSSR count). The van der Waals surface area contributed by atoms with E-state index in [2.05, 4.69) is 0 Å². The third-order valence-corrected chi connectivity index (χ3v) is 4.33. The highest BCUT2D eigenvalue weighted by molar-refractivity contribution is 5.89. The summed E-state index contributed by atoms with van der Waals surface area (Å²) in [5, 5.41) is 0. The maximum absolute atomic E-state index is 13.0. The minimum atomic E-state index is -0.603. The lowest BCUT2D eigenvalue weighted by Gasteiger charge is -2.37. The summed E-state index contributed by atoms with van der Waals surface area (Å²) in [4.78, 5) is 28.7. The Kier molecular flexibility index (Phi) is 5.50. The highest BCUT2D eigenvalue weighted by atomic mass is 16.5. The molecule has 0 unspecified atom stereocenters. The molecule has 1 aliphatic heterocycles. The van der Waals surface area contributed by atoms with Crippen molar-refractivity contribution in [2.75, 3.05) is 19.8 Å². The summed E-state index contributed by atoms with van der Waals surface area (Å²) < 4.78 is 10.4. The van der Waals surface area contributed by atoms with Gasteiger partial charge in [0, 0.05) is 25.2 Å². The van der Waals surface area contributed by atoms with Gasteiger partial charge in [0.25, 0.3) is 0 Å². The molecule has 1 aromatic heterocycles. The number of amides is 2. The monoisotopic (exact) mass is 342 g/mol. The van der Waals surface area contributed by atoms with Gasteiger partial charge in [-0.25, -0.2) is 0 Å². The molecular weight excluding hydrogens is 320 g/mol. The first-order chi connectivity index (χ1) is 12.2. The van der Waals surface area contributed by atoms with E-state index < -0.39 is 6.04 Å². The fourth-order valence-electron chi connectivity index (χ4n) is 2.95. The molecule has 0 spiro atoms. The highest BCUT2D eigenvalue weighted by Crippen LogP contribution is 2.17. The first-order valence-electron chi connectivity index (χ1n) is 8.40. The number of morpholine rings is 1. The van der Waals surface area contributed by atoms with Crippen molar-refractivity contribution < 1.29 is 18.7 Å². The van der Waals surface area contributed by atoms with Crippen molar-refractivity contribution in [3.8, 4) is 0 Å². The molecule has 0 aliphatic carbocycles. The summed E-state index contributed by atoms with van der Waals surface area (Å²) >= 11 is 0. The number of likely N-dealkylation sites (N-methyl/N-ethyl adjacent to an activating group) is 1. The van der Waals surface area contributed by atoms with Crippen molar-refractivity contribution in [1.82, 2.24) is 9.80 Å². The molecule has 1 aliphatic rings. The highest BCUT2D eigenvalue weighted by Gasteiger charge is 2.36. The molecule has 1 saturated heterocycles. The molecule has 25 heavy (non-hydrogen) atoms. The summed E-state index contributed by atoms with van der Waals surface area (Å²) in [6.07, 6.45) is 3.21. The van der Waals surface area contributed by atoms with Crippen LogP contribution >= 0.6 is 0 Å². The van der Waals surface area contributed by atoms with Crippen LogP contribution in [0.2, 0.25) is 0 Å². The van der Waals surface area contributed by atoms with E-state index in [0.29, 0.717) is 19.6 Å². The molecule has 2 amide bonds. The van der Waals surface area contributed by atoms with E-state index in [4.69, 9.17) is 9.15 Å². The number of rotatable bonds is 6. The van der Waals surface area contributed by atoms with Gasteiger partial charge in [-0.2, -0.15) is 0 Å². The summed E-state index contributed by atoms with van der Waals surface area (Å²) in [6.45, 7) is 3.57. The maximum Gasteiger partial charge on any atom is 0.249 e. The Morgan fingerprint density at radius 2 is 2.04 bits per heavy atom. The van der Waals surface area contributed by atoms with Gasteiger partial charge in [-0.15, -0.1) is 0 Å². The largest absolute Gasteiger partial charge is 0.472 e. The van der Waals surface area contributed by atoms with E-state index >= 15 is 0 Å². The number of nitrogens with zero attached hydrogens (tertiary/aromatic N) is 2. The number of carbonyl (C=O) groups is 2. The third-order valence-electron chi connectivity index (χ3n) is 4.33. The molecule has 0 N–H and O–H groups in total. The molecule has 1 fully saturated rings. The molecule has 2 heterocycles. The van der Waals surface area contributed by atoms with Crippen molar-refractivity contribution in [3.63, 3.8) is 0 Å². The van der Waals surface area contributed by atoms with Crippen molar-refractivity contribution in [3.05, 3.63) is 60.1 Å².